The van der Waals surface area contributed by atoms with Crippen LogP contribution in [0.2, 0.25) is 0 Å². The predicted octanol–water partition coefficient (Wildman–Crippen LogP) is 5.32. The van der Waals surface area contributed by atoms with Gasteiger partial charge in [0.1, 0.15) is 0 Å². The third-order valence-electron chi connectivity index (χ3n) is 6.77. The van der Waals surface area contributed by atoms with E-state index in [-0.39, 0.29) is 5.91 Å². The normalized spacial score (nSPS) is 24.4. The number of amides is 1. The van der Waals surface area contributed by atoms with Gasteiger partial charge in [0, 0.05) is 30.8 Å². The molecule has 2 aromatic carbocycles. The Labute approximate surface area is 189 Å². The standard InChI is InChI=1S/C25H23F3N4O/c1-2-24(17-9-6-10-18(13-17)25(26,27)28)19-14-29-31-22(19)30-20-11-12-32(23(33)21(20)24)15-16-7-4-3-5-8-16/h3-10,13-14,22,30H,2,11-12,15H2,1H3/t22?,24-/m1/s1. The van der Waals surface area contributed by atoms with Gasteiger partial charge in [0.15, 0.2) is 6.17 Å². The molecule has 170 valence electrons. The monoisotopic (exact) mass is 452 g/mol. The number of carbonyl (C=O) groups is 1. The average molecular weight is 452 g/mol. The number of hydrogen-bond acceptors (Lipinski definition) is 4. The molecule has 0 aliphatic carbocycles. The van der Waals surface area contributed by atoms with Crippen LogP contribution in [0.1, 0.15) is 36.5 Å². The molecule has 0 fully saturated rings. The van der Waals surface area contributed by atoms with Gasteiger partial charge < -0.3 is 10.2 Å². The number of fused-ring (bicyclic) bond motifs is 1. The van der Waals surface area contributed by atoms with E-state index < -0.39 is 23.3 Å². The number of halogens is 3. The van der Waals surface area contributed by atoms with E-state index in [4.69, 9.17) is 0 Å². The minimum absolute atomic E-state index is 0.168. The van der Waals surface area contributed by atoms with Crippen LogP contribution in [0.3, 0.4) is 0 Å². The van der Waals surface area contributed by atoms with Crippen molar-refractivity contribution in [3.8, 4) is 0 Å². The van der Waals surface area contributed by atoms with Gasteiger partial charge in [0.2, 0.25) is 0 Å². The number of carbonyl (C=O) groups excluding carboxylic acids is 1. The number of azo groups is 1. The van der Waals surface area contributed by atoms with E-state index in [1.807, 2.05) is 37.3 Å². The van der Waals surface area contributed by atoms with E-state index in [9.17, 15) is 18.0 Å². The maximum absolute atomic E-state index is 13.9. The fourth-order valence-electron chi connectivity index (χ4n) is 5.21. The van der Waals surface area contributed by atoms with Gasteiger partial charge in [-0.05, 0) is 23.6 Å². The van der Waals surface area contributed by atoms with Crippen molar-refractivity contribution in [2.24, 2.45) is 10.2 Å². The smallest absolute Gasteiger partial charge is 0.362 e. The number of nitrogens with zero attached hydrogens (tertiary/aromatic N) is 3. The third kappa shape index (κ3) is 3.44. The lowest BCUT2D eigenvalue weighted by molar-refractivity contribution is -0.137. The highest BCUT2D eigenvalue weighted by molar-refractivity contribution is 5.99. The van der Waals surface area contributed by atoms with Gasteiger partial charge >= 0.3 is 6.18 Å². The molecule has 2 aromatic rings. The zero-order chi connectivity index (χ0) is 23.2. The van der Waals surface area contributed by atoms with Crippen molar-refractivity contribution in [1.82, 2.24) is 10.2 Å². The number of nitrogens with one attached hydrogen (secondary N) is 1. The minimum Gasteiger partial charge on any atom is -0.362 e. The van der Waals surface area contributed by atoms with Gasteiger partial charge in [-0.1, -0.05) is 55.5 Å². The molecule has 3 aliphatic heterocycles. The van der Waals surface area contributed by atoms with Crippen LogP contribution in [0, 0.1) is 0 Å². The van der Waals surface area contributed by atoms with Gasteiger partial charge in [-0.25, -0.2) is 0 Å². The summed E-state index contributed by atoms with van der Waals surface area (Å²) in [5.74, 6) is -0.168. The Hall–Kier alpha value is -3.42. The first-order valence-electron chi connectivity index (χ1n) is 11.0. The van der Waals surface area contributed by atoms with E-state index >= 15 is 0 Å². The van der Waals surface area contributed by atoms with Crippen molar-refractivity contribution < 1.29 is 18.0 Å². The third-order valence-corrected chi connectivity index (χ3v) is 6.77. The van der Waals surface area contributed by atoms with Crippen molar-refractivity contribution in [3.63, 3.8) is 0 Å². The number of benzene rings is 2. The molecule has 3 aliphatic rings. The van der Waals surface area contributed by atoms with Crippen LogP contribution in [0.4, 0.5) is 13.2 Å². The zero-order valence-electron chi connectivity index (χ0n) is 18.1. The van der Waals surface area contributed by atoms with Gasteiger partial charge in [0.25, 0.3) is 5.91 Å². The second-order valence-electron chi connectivity index (χ2n) is 8.52. The second kappa shape index (κ2) is 7.86. The van der Waals surface area contributed by atoms with E-state index in [0.717, 1.165) is 17.3 Å². The molecule has 2 atom stereocenters. The van der Waals surface area contributed by atoms with Gasteiger partial charge in [-0.2, -0.15) is 23.4 Å². The van der Waals surface area contributed by atoms with Crippen molar-refractivity contribution in [3.05, 3.63) is 94.3 Å². The Morgan fingerprint density at radius 2 is 1.94 bits per heavy atom. The van der Waals surface area contributed by atoms with Crippen molar-refractivity contribution in [1.29, 1.82) is 0 Å². The van der Waals surface area contributed by atoms with Crippen LogP contribution in [-0.2, 0) is 22.9 Å². The first kappa shape index (κ1) is 21.4. The van der Waals surface area contributed by atoms with E-state index in [0.29, 0.717) is 42.6 Å². The Morgan fingerprint density at radius 1 is 1.15 bits per heavy atom. The summed E-state index contributed by atoms with van der Waals surface area (Å²) in [5, 5.41) is 11.6. The fraction of sp³-hybridized carbons (Fsp3) is 0.320. The minimum atomic E-state index is -4.48. The lowest BCUT2D eigenvalue weighted by atomic mass is 9.62. The highest BCUT2D eigenvalue weighted by Crippen LogP contribution is 2.51. The summed E-state index contributed by atoms with van der Waals surface area (Å²) < 4.78 is 40.8. The molecule has 0 spiro atoms. The van der Waals surface area contributed by atoms with Gasteiger partial charge in [-0.15, -0.1) is 0 Å². The lowest BCUT2D eigenvalue weighted by Crippen LogP contribution is -2.54. The van der Waals surface area contributed by atoms with E-state index in [1.165, 1.54) is 12.1 Å². The molecule has 1 amide bonds. The summed E-state index contributed by atoms with van der Waals surface area (Å²) in [6, 6.07) is 15.0. The fourth-order valence-corrected chi connectivity index (χ4v) is 5.21. The molecule has 1 N–H and O–H groups in total. The molecule has 0 saturated carbocycles. The summed E-state index contributed by atoms with van der Waals surface area (Å²) in [6.45, 7) is 2.86. The molecule has 0 aromatic heterocycles. The Morgan fingerprint density at radius 3 is 2.67 bits per heavy atom. The van der Waals surface area contributed by atoms with Crippen LogP contribution in [0.15, 0.2) is 87.9 Å². The Kier molecular flexibility index (Phi) is 5.11. The molecule has 33 heavy (non-hydrogen) atoms. The zero-order valence-corrected chi connectivity index (χ0v) is 18.1. The van der Waals surface area contributed by atoms with Crippen molar-refractivity contribution >= 4 is 5.91 Å². The average Bonchev–Trinajstić information content (AvgIpc) is 3.29. The molecule has 3 heterocycles. The molecule has 0 bridgehead atoms. The Balaban J connectivity index is 1.65. The van der Waals surface area contributed by atoms with Crippen LogP contribution in [0.5, 0.6) is 0 Å². The summed E-state index contributed by atoms with van der Waals surface area (Å²) >= 11 is 0. The molecular weight excluding hydrogens is 429 g/mol. The second-order valence-corrected chi connectivity index (χ2v) is 8.52. The topological polar surface area (TPSA) is 57.1 Å². The first-order valence-corrected chi connectivity index (χ1v) is 11.0. The highest BCUT2D eigenvalue weighted by Gasteiger charge is 2.52. The van der Waals surface area contributed by atoms with Gasteiger partial charge in [0.05, 0.1) is 22.8 Å². The van der Waals surface area contributed by atoms with E-state index in [1.54, 1.807) is 17.2 Å². The lowest BCUT2D eigenvalue weighted by Gasteiger charge is -2.47. The van der Waals surface area contributed by atoms with Gasteiger partial charge in [-0.3, -0.25) is 4.79 Å². The molecule has 1 unspecified atom stereocenters. The molecule has 5 nitrogen and oxygen atoms in total. The van der Waals surface area contributed by atoms with Crippen molar-refractivity contribution in [2.45, 2.75) is 44.1 Å². The van der Waals surface area contributed by atoms with Crippen LogP contribution < -0.4 is 5.32 Å². The first-order chi connectivity index (χ1) is 15.8. The Bertz CT molecular complexity index is 1190. The predicted molar refractivity (Wildman–Crippen MR) is 117 cm³/mol. The largest absolute Gasteiger partial charge is 0.416 e. The molecule has 0 saturated heterocycles. The highest BCUT2D eigenvalue weighted by atomic mass is 19.4. The number of rotatable bonds is 4. The summed E-state index contributed by atoms with van der Waals surface area (Å²) in [7, 11) is 0. The quantitative estimate of drug-likeness (QED) is 0.683. The van der Waals surface area contributed by atoms with Crippen LogP contribution in [0.25, 0.3) is 0 Å². The maximum Gasteiger partial charge on any atom is 0.416 e. The number of hydrogen-bond donors (Lipinski definition) is 1. The number of alkyl halides is 3. The van der Waals surface area contributed by atoms with E-state index in [2.05, 4.69) is 15.5 Å². The maximum atomic E-state index is 13.9. The summed E-state index contributed by atoms with van der Waals surface area (Å²) in [6.07, 6.45) is -2.38. The summed E-state index contributed by atoms with van der Waals surface area (Å²) in [5.41, 5.74) is 1.62. The molecule has 0 radical (unpaired) electrons. The molecule has 8 heteroatoms. The van der Waals surface area contributed by atoms with Crippen LogP contribution >= 0.6 is 0 Å². The van der Waals surface area contributed by atoms with Crippen LogP contribution in [-0.4, -0.2) is 23.5 Å². The summed E-state index contributed by atoms with van der Waals surface area (Å²) in [4.78, 5) is 15.7. The molecular formula is C25H23F3N4O. The van der Waals surface area contributed by atoms with Crippen molar-refractivity contribution in [2.75, 3.05) is 6.54 Å². The SMILES string of the molecule is CC[C@@]1(c2cccc(C(F)(F)F)c2)C2=CN=NC2NC2=C1C(=O)N(Cc1ccccc1)CC2. The molecule has 5 rings (SSSR count).